The molecule has 0 aliphatic carbocycles. The van der Waals surface area contributed by atoms with Gasteiger partial charge in [0.2, 0.25) is 0 Å². The number of nitrogens with one attached hydrogen (secondary N) is 1. The van der Waals surface area contributed by atoms with E-state index in [9.17, 15) is 15.3 Å². The normalized spacial score (nSPS) is 28.8. The fourth-order valence-corrected chi connectivity index (χ4v) is 3.00. The molecule has 140 valence electrons. The van der Waals surface area contributed by atoms with Gasteiger partial charge in [0, 0.05) is 6.54 Å². The lowest BCUT2D eigenvalue weighted by atomic mass is 9.97. The lowest BCUT2D eigenvalue weighted by molar-refractivity contribution is -0.258. The van der Waals surface area contributed by atoms with Gasteiger partial charge in [-0.1, -0.05) is 60.7 Å². The van der Waals surface area contributed by atoms with Crippen LogP contribution in [-0.4, -0.2) is 52.6 Å². The van der Waals surface area contributed by atoms with Gasteiger partial charge in [-0.25, -0.2) is 0 Å². The highest BCUT2D eigenvalue weighted by Gasteiger charge is 2.43. The van der Waals surface area contributed by atoms with Crippen molar-refractivity contribution in [1.82, 2.24) is 5.32 Å². The largest absolute Gasteiger partial charge is 0.388 e. The number of aliphatic hydroxyl groups excluding tert-OH is 3. The summed E-state index contributed by atoms with van der Waals surface area (Å²) in [5.41, 5.74) is 2.01. The van der Waals surface area contributed by atoms with Crippen LogP contribution in [0.1, 0.15) is 11.1 Å². The number of benzene rings is 2. The fourth-order valence-electron chi connectivity index (χ4n) is 3.00. The van der Waals surface area contributed by atoms with Gasteiger partial charge in [0.1, 0.15) is 18.3 Å². The number of ether oxygens (including phenoxy) is 2. The Morgan fingerprint density at radius 3 is 2.12 bits per heavy atom. The van der Waals surface area contributed by atoms with Gasteiger partial charge >= 0.3 is 0 Å². The summed E-state index contributed by atoms with van der Waals surface area (Å²) in [4.78, 5) is 0. The molecule has 6 heteroatoms. The highest BCUT2D eigenvalue weighted by Crippen LogP contribution is 2.21. The van der Waals surface area contributed by atoms with Crippen molar-refractivity contribution < 1.29 is 24.8 Å². The summed E-state index contributed by atoms with van der Waals surface area (Å²) >= 11 is 0. The summed E-state index contributed by atoms with van der Waals surface area (Å²) in [5, 5.41) is 33.9. The van der Waals surface area contributed by atoms with Gasteiger partial charge in [-0.15, -0.1) is 0 Å². The van der Waals surface area contributed by atoms with Crippen LogP contribution in [0.4, 0.5) is 0 Å². The van der Waals surface area contributed by atoms with Gasteiger partial charge in [0.05, 0.1) is 19.3 Å². The van der Waals surface area contributed by atoms with Crippen LogP contribution in [0, 0.1) is 0 Å². The van der Waals surface area contributed by atoms with E-state index in [0.717, 1.165) is 11.1 Å². The van der Waals surface area contributed by atoms with E-state index in [-0.39, 0.29) is 6.61 Å². The van der Waals surface area contributed by atoms with Gasteiger partial charge in [0.25, 0.3) is 0 Å². The van der Waals surface area contributed by atoms with E-state index >= 15 is 0 Å². The van der Waals surface area contributed by atoms with E-state index in [2.05, 4.69) is 5.32 Å². The molecule has 0 spiro atoms. The van der Waals surface area contributed by atoms with Gasteiger partial charge in [-0.05, 0) is 11.1 Å². The lowest BCUT2D eigenvalue weighted by Crippen LogP contribution is -2.63. The first-order valence-corrected chi connectivity index (χ1v) is 8.74. The predicted octanol–water partition coefficient (Wildman–Crippen LogP) is 0.801. The Morgan fingerprint density at radius 1 is 0.846 bits per heavy atom. The second kappa shape index (κ2) is 9.23. The third kappa shape index (κ3) is 4.88. The summed E-state index contributed by atoms with van der Waals surface area (Å²) in [5.74, 6) is 0. The van der Waals surface area contributed by atoms with E-state index in [1.54, 1.807) is 0 Å². The van der Waals surface area contributed by atoms with Crippen molar-refractivity contribution >= 4 is 0 Å². The summed E-state index contributed by atoms with van der Waals surface area (Å²) in [7, 11) is 0. The molecule has 3 rings (SSSR count). The molecule has 0 saturated carbocycles. The topological polar surface area (TPSA) is 91.2 Å². The molecule has 1 unspecified atom stereocenters. The number of aliphatic hydroxyl groups is 3. The number of rotatable bonds is 7. The lowest BCUT2D eigenvalue weighted by Gasteiger charge is -2.41. The van der Waals surface area contributed by atoms with Crippen LogP contribution < -0.4 is 5.32 Å². The summed E-state index contributed by atoms with van der Waals surface area (Å²) in [6, 6.07) is 18.5. The minimum Gasteiger partial charge on any atom is -0.388 e. The zero-order chi connectivity index (χ0) is 18.4. The molecule has 0 amide bonds. The van der Waals surface area contributed by atoms with Gasteiger partial charge in [0.15, 0.2) is 6.29 Å². The average molecular weight is 359 g/mol. The summed E-state index contributed by atoms with van der Waals surface area (Å²) in [6.45, 7) is 0.899. The van der Waals surface area contributed by atoms with Gasteiger partial charge < -0.3 is 30.1 Å². The Bertz CT molecular complexity index is 652. The maximum absolute atomic E-state index is 10.4. The zero-order valence-corrected chi connectivity index (χ0v) is 14.4. The first-order chi connectivity index (χ1) is 12.6. The minimum absolute atomic E-state index is 0.0790. The Kier molecular flexibility index (Phi) is 6.73. The number of hydrogen-bond donors (Lipinski definition) is 4. The Balaban J connectivity index is 1.49. The maximum Gasteiger partial charge on any atom is 0.173 e. The van der Waals surface area contributed by atoms with Crippen LogP contribution in [0.15, 0.2) is 60.7 Å². The molecule has 2 aromatic rings. The van der Waals surface area contributed by atoms with Crippen LogP contribution in [0.2, 0.25) is 0 Å². The van der Waals surface area contributed by atoms with Crippen molar-refractivity contribution in [3.8, 4) is 0 Å². The molecule has 0 radical (unpaired) electrons. The second-order valence-electron chi connectivity index (χ2n) is 6.44. The second-order valence-corrected chi connectivity index (χ2v) is 6.44. The molecule has 1 saturated heterocycles. The summed E-state index contributed by atoms with van der Waals surface area (Å²) in [6.07, 6.45) is -4.34. The first-order valence-electron chi connectivity index (χ1n) is 8.74. The Hall–Kier alpha value is -1.80. The average Bonchev–Trinajstić information content (AvgIpc) is 2.67. The predicted molar refractivity (Wildman–Crippen MR) is 96.1 cm³/mol. The molecule has 1 aliphatic heterocycles. The molecule has 26 heavy (non-hydrogen) atoms. The van der Waals surface area contributed by atoms with Crippen molar-refractivity contribution in [3.63, 3.8) is 0 Å². The quantitative estimate of drug-likeness (QED) is 0.585. The zero-order valence-electron chi connectivity index (χ0n) is 14.4. The third-order valence-electron chi connectivity index (χ3n) is 4.50. The molecular weight excluding hydrogens is 334 g/mol. The molecule has 0 aromatic heterocycles. The monoisotopic (exact) mass is 359 g/mol. The highest BCUT2D eigenvalue weighted by molar-refractivity contribution is 5.15. The van der Waals surface area contributed by atoms with Crippen molar-refractivity contribution in [2.45, 2.75) is 43.8 Å². The van der Waals surface area contributed by atoms with Crippen LogP contribution in [0.25, 0.3) is 0 Å². The molecule has 1 aliphatic rings. The molecule has 1 heterocycles. The van der Waals surface area contributed by atoms with E-state index in [0.29, 0.717) is 13.2 Å². The van der Waals surface area contributed by atoms with Crippen LogP contribution in [0.5, 0.6) is 0 Å². The Morgan fingerprint density at radius 2 is 1.46 bits per heavy atom. The number of hydrogen-bond acceptors (Lipinski definition) is 6. The van der Waals surface area contributed by atoms with E-state index in [1.165, 1.54) is 0 Å². The molecule has 6 nitrogen and oxygen atoms in total. The highest BCUT2D eigenvalue weighted by atomic mass is 16.6. The molecular formula is C20H25NO5. The fraction of sp³-hybridized carbons (Fsp3) is 0.400. The Labute approximate surface area is 153 Å². The molecule has 2 aromatic carbocycles. The van der Waals surface area contributed by atoms with Crippen molar-refractivity contribution in [3.05, 3.63) is 71.8 Å². The van der Waals surface area contributed by atoms with E-state index in [4.69, 9.17) is 9.47 Å². The SMILES string of the molecule is OC1O[C@H](COCc2ccccc2)[C@H](O)[C@H](O)[C@H]1NCc1ccccc1. The molecule has 5 atom stereocenters. The molecule has 4 N–H and O–H groups in total. The standard InChI is InChI=1S/C20H25NO5/c22-18-16(13-25-12-15-9-5-2-6-10-15)26-20(24)17(19(18)23)21-11-14-7-3-1-4-8-14/h1-10,16-24H,11-13H2/t16-,17-,18+,19-,20?/m1/s1. The summed E-state index contributed by atoms with van der Waals surface area (Å²) < 4.78 is 11.0. The van der Waals surface area contributed by atoms with Crippen LogP contribution in [-0.2, 0) is 22.6 Å². The first kappa shape index (κ1) is 19.0. The van der Waals surface area contributed by atoms with Crippen molar-refractivity contribution in [1.29, 1.82) is 0 Å². The van der Waals surface area contributed by atoms with E-state index < -0.39 is 30.6 Å². The van der Waals surface area contributed by atoms with E-state index in [1.807, 2.05) is 60.7 Å². The van der Waals surface area contributed by atoms with Crippen LogP contribution in [0.3, 0.4) is 0 Å². The maximum atomic E-state index is 10.4. The minimum atomic E-state index is -1.23. The molecule has 1 fully saturated rings. The van der Waals surface area contributed by atoms with Crippen molar-refractivity contribution in [2.24, 2.45) is 0 Å². The molecule has 0 bridgehead atoms. The van der Waals surface area contributed by atoms with Crippen LogP contribution >= 0.6 is 0 Å². The smallest absolute Gasteiger partial charge is 0.173 e. The third-order valence-corrected chi connectivity index (χ3v) is 4.50. The van der Waals surface area contributed by atoms with Gasteiger partial charge in [-0.3, -0.25) is 0 Å². The van der Waals surface area contributed by atoms with Gasteiger partial charge in [-0.2, -0.15) is 0 Å². The van der Waals surface area contributed by atoms with Crippen molar-refractivity contribution in [2.75, 3.05) is 6.61 Å².